The third-order valence-corrected chi connectivity index (χ3v) is 20.1. The highest BCUT2D eigenvalue weighted by molar-refractivity contribution is 9.10. The molecule has 115 heavy (non-hydrogen) atoms. The summed E-state index contributed by atoms with van der Waals surface area (Å²) >= 11 is 3.47. The highest BCUT2D eigenvalue weighted by atomic mass is 79.9. The van der Waals surface area contributed by atoms with E-state index in [4.69, 9.17) is 30.1 Å². The van der Waals surface area contributed by atoms with E-state index in [1.165, 1.54) is 21.9 Å². The number of hydrogen-bond donors (Lipinski definition) is 8. The van der Waals surface area contributed by atoms with Gasteiger partial charge in [0, 0.05) is 71.2 Å². The molecule has 8 N–H and O–H groups in total. The van der Waals surface area contributed by atoms with E-state index in [2.05, 4.69) is 169 Å². The number of fused-ring (bicyclic) bond motifs is 2. The average Bonchev–Trinajstić information content (AvgIpc) is 1.66. The number of aromatic carboxylic acids is 2. The van der Waals surface area contributed by atoms with Crippen LogP contribution in [-0.2, 0) is 0 Å². The molecule has 19 aromatic rings. The van der Waals surface area contributed by atoms with Crippen LogP contribution in [0.5, 0.6) is 11.5 Å². The number of carboxylic acids is 2. The molecule has 0 fully saturated rings. The summed E-state index contributed by atoms with van der Waals surface area (Å²) in [5.74, 6) is 1.42. The number of carbonyl (C=O) groups is 2. The van der Waals surface area contributed by atoms with Gasteiger partial charge in [0.05, 0.1) is 56.7 Å². The van der Waals surface area contributed by atoms with Crippen LogP contribution in [0.3, 0.4) is 0 Å². The molecule has 0 saturated heterocycles. The van der Waals surface area contributed by atoms with Crippen LogP contribution in [0.25, 0.3) is 168 Å². The maximum absolute atomic E-state index is 11.2. The Labute approximate surface area is 671 Å². The molecule has 4 heterocycles. The van der Waals surface area contributed by atoms with Gasteiger partial charge >= 0.3 is 11.9 Å². The number of aromatic nitrogens is 8. The Bertz CT molecular complexity index is 6580. The Balaban J connectivity index is 0.000000115. The molecule has 0 atom stereocenters. The van der Waals surface area contributed by atoms with E-state index in [9.17, 15) is 19.8 Å². The molecule has 4 aromatic heterocycles. The number of nitrogens with one attached hydrogen (secondary N) is 4. The summed E-state index contributed by atoms with van der Waals surface area (Å²) in [6, 6.07) is 124. The summed E-state index contributed by atoms with van der Waals surface area (Å²) in [4.78, 5) is 55.6. The first-order valence-corrected chi connectivity index (χ1v) is 37.9. The lowest BCUT2D eigenvalue weighted by Gasteiger charge is -2.07. The van der Waals surface area contributed by atoms with Crippen molar-refractivity contribution in [1.82, 2.24) is 39.9 Å². The van der Waals surface area contributed by atoms with Crippen LogP contribution in [0.15, 0.2) is 387 Å². The molecule has 19 rings (SSSR count). The second kappa shape index (κ2) is 33.9. The van der Waals surface area contributed by atoms with Crippen molar-refractivity contribution >= 4 is 49.4 Å². The predicted octanol–water partition coefficient (Wildman–Crippen LogP) is 25.2. The number of nitrogens with zero attached hydrogens (tertiary/aromatic N) is 4. The Hall–Kier alpha value is -15.3. The zero-order chi connectivity index (χ0) is 78.6. The highest BCUT2D eigenvalue weighted by Gasteiger charge is 2.22. The van der Waals surface area contributed by atoms with Crippen molar-refractivity contribution in [3.63, 3.8) is 0 Å². The van der Waals surface area contributed by atoms with Crippen molar-refractivity contribution in [3.05, 3.63) is 398 Å². The minimum Gasteiger partial charge on any atom is -0.508 e. The first-order valence-electron chi connectivity index (χ1n) is 37.2. The van der Waals surface area contributed by atoms with Crippen molar-refractivity contribution in [2.75, 3.05) is 0 Å². The molecule has 15 heteroatoms. The summed E-state index contributed by atoms with van der Waals surface area (Å²) in [6.07, 6.45) is 0. The molecule has 0 aliphatic heterocycles. The number of hydrogen-bond acceptors (Lipinski definition) is 8. The summed E-state index contributed by atoms with van der Waals surface area (Å²) < 4.78 is 1.01. The summed E-state index contributed by atoms with van der Waals surface area (Å²) in [7, 11) is 0. The maximum atomic E-state index is 11.2. The lowest BCUT2D eigenvalue weighted by atomic mass is 9.99. The van der Waals surface area contributed by atoms with Gasteiger partial charge < -0.3 is 40.4 Å². The second-order valence-electron chi connectivity index (χ2n) is 27.1. The third kappa shape index (κ3) is 16.7. The Morgan fingerprint density at radius 1 is 0.243 bits per heavy atom. The molecule has 15 aromatic carbocycles. The van der Waals surface area contributed by atoms with Crippen LogP contribution >= 0.6 is 15.9 Å². The molecule has 554 valence electrons. The second-order valence-corrected chi connectivity index (χ2v) is 28.0. The van der Waals surface area contributed by atoms with Gasteiger partial charge in [-0.3, -0.25) is 0 Å². The largest absolute Gasteiger partial charge is 0.508 e. The number of benzene rings is 15. The number of phenols is 2. The normalized spacial score (nSPS) is 10.9. The van der Waals surface area contributed by atoms with Crippen molar-refractivity contribution in [2.45, 2.75) is 0 Å². The van der Waals surface area contributed by atoms with Crippen molar-refractivity contribution in [1.29, 1.82) is 0 Å². The number of halogens is 1. The van der Waals surface area contributed by atoms with Crippen LogP contribution in [0.1, 0.15) is 20.7 Å². The van der Waals surface area contributed by atoms with Crippen LogP contribution in [0.4, 0.5) is 0 Å². The van der Waals surface area contributed by atoms with Gasteiger partial charge in [-0.1, -0.05) is 337 Å². The van der Waals surface area contributed by atoms with Crippen LogP contribution in [-0.4, -0.2) is 72.2 Å². The molecule has 0 unspecified atom stereocenters. The highest BCUT2D eigenvalue weighted by Crippen LogP contribution is 2.41. The molecule has 14 nitrogen and oxygen atoms in total. The lowest BCUT2D eigenvalue weighted by Crippen LogP contribution is -1.95. The molecular formula is C100H71BrN8O6. The van der Waals surface area contributed by atoms with Gasteiger partial charge in [-0.05, 0) is 93.3 Å². The minimum absolute atomic E-state index is 0.221. The molecule has 0 aliphatic rings. The van der Waals surface area contributed by atoms with Gasteiger partial charge in [0.1, 0.15) is 34.8 Å². The Kier molecular flexibility index (Phi) is 21.8. The van der Waals surface area contributed by atoms with Gasteiger partial charge in [0.25, 0.3) is 0 Å². The lowest BCUT2D eigenvalue weighted by molar-refractivity contribution is 0.0686. The number of H-pyrrole nitrogens is 4. The SMILES string of the molecule is O=C(O)c1ccc(-c2nc(-c3ccccc3)c(-c3ccc(Br)cc3)[nH]2)cc1.O=C(O)c1ccc(-c2nc(-c3ccccc3)c(-c3cccc4ccccc34)[nH]2)cc1.Oc1cccc(-c2nc(-c3ccccc3)c(-c3ccc(-c4ccccc4)cc3)[nH]2)c1.Oc1cccc(-c2nc(-c3ccccc3)c(-c3cccc4ccccc34)[nH]2)c1. The summed E-state index contributed by atoms with van der Waals surface area (Å²) in [5.41, 5.74) is 21.9. The van der Waals surface area contributed by atoms with Crippen LogP contribution < -0.4 is 0 Å². The van der Waals surface area contributed by atoms with E-state index in [0.717, 1.165) is 139 Å². The Morgan fingerprint density at radius 3 is 0.861 bits per heavy atom. The molecule has 0 spiro atoms. The van der Waals surface area contributed by atoms with Gasteiger partial charge in [0.2, 0.25) is 0 Å². The molecule has 0 radical (unpaired) electrons. The van der Waals surface area contributed by atoms with Crippen LogP contribution in [0.2, 0.25) is 0 Å². The van der Waals surface area contributed by atoms with Gasteiger partial charge in [-0.2, -0.15) is 0 Å². The van der Waals surface area contributed by atoms with E-state index < -0.39 is 11.9 Å². The summed E-state index contributed by atoms with van der Waals surface area (Å²) in [6.45, 7) is 0. The van der Waals surface area contributed by atoms with E-state index in [-0.39, 0.29) is 22.6 Å². The number of carboxylic acid groups (broad SMARTS) is 2. The number of aromatic amines is 4. The maximum Gasteiger partial charge on any atom is 0.335 e. The fourth-order valence-electron chi connectivity index (χ4n) is 13.9. The molecule has 0 bridgehead atoms. The topological polar surface area (TPSA) is 230 Å². The first kappa shape index (κ1) is 73.8. The standard InChI is InChI=1S/C27H20N2O.C26H18N2O2.C25H18N2O.C22H15BrN2O2/c30-24-13-7-12-23(18-24)27-28-25(21-10-5-2-6-11-21)26(29-27)22-16-14-20(15-17-22)19-8-3-1-4-9-19;29-26(30)20-15-13-19(14-16-20)25-27-23(18-8-2-1-3-9-18)24(28-25)22-12-6-10-17-7-4-5-11-21(17)22;28-20-13-6-12-19(16-20)25-26-23(18-9-2-1-3-10-18)24(27-25)22-15-7-11-17-8-4-5-14-21(17)22;23-18-12-10-15(11-13-18)20-19(14-4-2-1-3-5-14)24-21(25-20)16-6-8-17(9-7-16)22(26)27/h1-18,30H,(H,28,29);1-16H,(H,27,28)(H,29,30);1-16,28H,(H,26,27);1-13H,(H,24,25)(H,26,27). The van der Waals surface area contributed by atoms with E-state index >= 15 is 0 Å². The molecular weight excluding hydrogens is 1490 g/mol. The average molecular weight is 1560 g/mol. The van der Waals surface area contributed by atoms with E-state index in [1.807, 2.05) is 176 Å². The molecule has 0 aliphatic carbocycles. The molecule has 0 saturated carbocycles. The monoisotopic (exact) mass is 1560 g/mol. The van der Waals surface area contributed by atoms with Crippen molar-refractivity contribution in [3.8, 4) is 158 Å². The van der Waals surface area contributed by atoms with Crippen LogP contribution in [0, 0.1) is 0 Å². The first-order chi connectivity index (χ1) is 56.4. The van der Waals surface area contributed by atoms with Gasteiger partial charge in [-0.15, -0.1) is 0 Å². The van der Waals surface area contributed by atoms with E-state index in [0.29, 0.717) is 11.6 Å². The fraction of sp³-hybridized carbons (Fsp3) is 0. The number of phenolic OH excluding ortho intramolecular Hbond substituents is 2. The minimum atomic E-state index is -0.943. The Morgan fingerprint density at radius 2 is 0.504 bits per heavy atom. The van der Waals surface area contributed by atoms with Crippen molar-refractivity contribution in [2.24, 2.45) is 0 Å². The predicted molar refractivity (Wildman–Crippen MR) is 465 cm³/mol. The number of aromatic hydroxyl groups is 2. The zero-order valence-electron chi connectivity index (χ0n) is 61.6. The fourth-order valence-corrected chi connectivity index (χ4v) is 14.1. The van der Waals surface area contributed by atoms with Crippen molar-refractivity contribution < 1.29 is 30.0 Å². The summed E-state index contributed by atoms with van der Waals surface area (Å²) in [5, 5.41) is 42.7. The molecule has 0 amide bonds. The van der Waals surface area contributed by atoms with Gasteiger partial charge in [-0.25, -0.2) is 29.5 Å². The third-order valence-electron chi connectivity index (χ3n) is 19.6. The zero-order valence-corrected chi connectivity index (χ0v) is 63.2. The van der Waals surface area contributed by atoms with E-state index in [1.54, 1.807) is 72.8 Å². The quantitative estimate of drug-likeness (QED) is 0.0484. The van der Waals surface area contributed by atoms with Gasteiger partial charge in [0.15, 0.2) is 0 Å². The number of imidazole rings is 4. The number of rotatable bonds is 15. The smallest absolute Gasteiger partial charge is 0.335 e.